The molecule has 0 aliphatic rings. The van der Waals surface area contributed by atoms with Crippen LogP contribution in [-0.2, 0) is 4.79 Å². The Morgan fingerprint density at radius 1 is 1.43 bits per heavy atom. The van der Waals surface area contributed by atoms with Gasteiger partial charge in [-0.25, -0.2) is 4.68 Å². The number of amides is 1. The molecule has 0 fully saturated rings. The van der Waals surface area contributed by atoms with Gasteiger partial charge in [0.2, 0.25) is 5.91 Å². The Morgan fingerprint density at radius 3 is 2.62 bits per heavy atom. The van der Waals surface area contributed by atoms with Crippen molar-refractivity contribution < 1.29 is 9.90 Å². The van der Waals surface area contributed by atoms with Crippen LogP contribution in [0.4, 0.5) is 5.82 Å². The normalized spacial score (nSPS) is 11.6. The molecule has 0 atom stereocenters. The lowest BCUT2D eigenvalue weighted by Gasteiger charge is -2.29. The molecule has 1 aromatic heterocycles. The van der Waals surface area contributed by atoms with Gasteiger partial charge in [-0.3, -0.25) is 9.69 Å². The maximum absolute atomic E-state index is 12.2. The Bertz CT molecular complexity index is 427. The number of aliphatic hydroxyl groups is 1. The summed E-state index contributed by atoms with van der Waals surface area (Å²) in [6, 6.07) is 2.31. The highest BCUT2D eigenvalue weighted by Gasteiger charge is 2.18. The van der Waals surface area contributed by atoms with Crippen molar-refractivity contribution in [3.8, 4) is 0 Å². The van der Waals surface area contributed by atoms with Crippen molar-refractivity contribution in [2.45, 2.75) is 52.6 Å². The molecule has 0 radical (unpaired) electrons. The molecule has 0 saturated carbocycles. The van der Waals surface area contributed by atoms with Gasteiger partial charge in [-0.15, -0.1) is 0 Å². The van der Waals surface area contributed by atoms with Crippen LogP contribution in [0.25, 0.3) is 0 Å². The van der Waals surface area contributed by atoms with E-state index in [1.807, 2.05) is 18.7 Å². The van der Waals surface area contributed by atoms with Crippen LogP contribution in [0.2, 0.25) is 0 Å². The molecular weight excluding hydrogens is 268 g/mol. The molecule has 1 amide bonds. The van der Waals surface area contributed by atoms with Gasteiger partial charge >= 0.3 is 0 Å². The van der Waals surface area contributed by atoms with Crippen LogP contribution < -0.4 is 5.32 Å². The van der Waals surface area contributed by atoms with Crippen molar-refractivity contribution in [2.24, 2.45) is 0 Å². The summed E-state index contributed by atoms with van der Waals surface area (Å²) in [5.74, 6) is 0.640. The van der Waals surface area contributed by atoms with E-state index in [0.717, 1.165) is 12.8 Å². The summed E-state index contributed by atoms with van der Waals surface area (Å²) < 4.78 is 1.78. The molecule has 0 unspecified atom stereocenters. The maximum Gasteiger partial charge on any atom is 0.239 e. The molecule has 1 heterocycles. The number of hydrogen-bond acceptors (Lipinski definition) is 4. The van der Waals surface area contributed by atoms with E-state index in [1.165, 1.54) is 0 Å². The molecule has 0 bridgehead atoms. The number of nitrogens with zero attached hydrogens (tertiary/aromatic N) is 3. The maximum atomic E-state index is 12.2. The second-order valence-corrected chi connectivity index (χ2v) is 5.47. The summed E-state index contributed by atoms with van der Waals surface area (Å²) in [5, 5.41) is 16.3. The first kappa shape index (κ1) is 17.7. The quantitative estimate of drug-likeness (QED) is 0.730. The Balaban J connectivity index is 2.67. The third-order valence-electron chi connectivity index (χ3n) is 3.62. The van der Waals surface area contributed by atoms with Crippen LogP contribution in [0.3, 0.4) is 0 Å². The van der Waals surface area contributed by atoms with E-state index in [2.05, 4.69) is 24.3 Å². The molecule has 0 aromatic carbocycles. The molecular formula is C15H28N4O2. The summed E-state index contributed by atoms with van der Waals surface area (Å²) in [5.41, 5.74) is 0. The molecule has 6 heteroatoms. The topological polar surface area (TPSA) is 70.4 Å². The number of nitrogens with one attached hydrogen (secondary N) is 1. The van der Waals surface area contributed by atoms with Crippen molar-refractivity contribution in [3.05, 3.63) is 12.3 Å². The van der Waals surface area contributed by atoms with Gasteiger partial charge in [0.1, 0.15) is 5.82 Å². The number of carbonyl (C=O) groups is 1. The SMILES string of the molecule is CCC(CC)N(CCO)CC(=O)Nc1ccnn1C(C)C. The van der Waals surface area contributed by atoms with Crippen LogP contribution in [0.5, 0.6) is 0 Å². The summed E-state index contributed by atoms with van der Waals surface area (Å²) in [6.45, 7) is 9.11. The van der Waals surface area contributed by atoms with E-state index in [0.29, 0.717) is 18.4 Å². The van der Waals surface area contributed by atoms with Gasteiger partial charge < -0.3 is 10.4 Å². The predicted molar refractivity (Wildman–Crippen MR) is 84.3 cm³/mol. The fourth-order valence-electron chi connectivity index (χ4n) is 2.52. The van der Waals surface area contributed by atoms with E-state index in [1.54, 1.807) is 16.9 Å². The zero-order chi connectivity index (χ0) is 15.8. The van der Waals surface area contributed by atoms with Crippen molar-refractivity contribution in [3.63, 3.8) is 0 Å². The fraction of sp³-hybridized carbons (Fsp3) is 0.733. The van der Waals surface area contributed by atoms with Crippen LogP contribution in [-0.4, -0.2) is 51.4 Å². The third-order valence-corrected chi connectivity index (χ3v) is 3.62. The van der Waals surface area contributed by atoms with E-state index in [-0.39, 0.29) is 25.1 Å². The average molecular weight is 296 g/mol. The minimum absolute atomic E-state index is 0.0632. The smallest absolute Gasteiger partial charge is 0.239 e. The average Bonchev–Trinajstić information content (AvgIpc) is 2.88. The number of hydrogen-bond donors (Lipinski definition) is 2. The standard InChI is InChI=1S/C15H28N4O2/c1-5-13(6-2)18(9-10-20)11-15(21)17-14-7-8-16-19(14)12(3)4/h7-8,12-13,20H,5-6,9-11H2,1-4H3,(H,17,21). The minimum atomic E-state index is -0.0715. The second kappa shape index (κ2) is 8.79. The molecule has 0 aliphatic heterocycles. The minimum Gasteiger partial charge on any atom is -0.395 e. The molecule has 0 aliphatic carbocycles. The Labute approximate surface area is 127 Å². The number of anilines is 1. The molecule has 0 saturated heterocycles. The van der Waals surface area contributed by atoms with Gasteiger partial charge in [0.05, 0.1) is 19.3 Å². The third kappa shape index (κ3) is 5.13. The first-order valence-electron chi connectivity index (χ1n) is 7.71. The lowest BCUT2D eigenvalue weighted by atomic mass is 10.1. The fourth-order valence-corrected chi connectivity index (χ4v) is 2.52. The molecule has 21 heavy (non-hydrogen) atoms. The Morgan fingerprint density at radius 2 is 2.10 bits per heavy atom. The van der Waals surface area contributed by atoms with Crippen LogP contribution in [0.1, 0.15) is 46.6 Å². The van der Waals surface area contributed by atoms with Gasteiger partial charge in [-0.2, -0.15) is 5.10 Å². The molecule has 2 N–H and O–H groups in total. The number of rotatable bonds is 9. The molecule has 6 nitrogen and oxygen atoms in total. The van der Waals surface area contributed by atoms with Crippen LogP contribution in [0.15, 0.2) is 12.3 Å². The van der Waals surface area contributed by atoms with Gasteiger partial charge in [0.15, 0.2) is 0 Å². The largest absolute Gasteiger partial charge is 0.395 e. The summed E-state index contributed by atoms with van der Waals surface area (Å²) >= 11 is 0. The number of aromatic nitrogens is 2. The molecule has 120 valence electrons. The molecule has 1 rings (SSSR count). The molecule has 1 aromatic rings. The summed E-state index contributed by atoms with van der Waals surface area (Å²) in [7, 11) is 0. The van der Waals surface area contributed by atoms with Gasteiger partial charge in [-0.05, 0) is 26.7 Å². The Kier molecular flexibility index (Phi) is 7.39. The van der Waals surface area contributed by atoms with E-state index >= 15 is 0 Å². The zero-order valence-electron chi connectivity index (χ0n) is 13.5. The first-order valence-corrected chi connectivity index (χ1v) is 7.71. The van der Waals surface area contributed by atoms with E-state index in [9.17, 15) is 9.90 Å². The highest BCUT2D eigenvalue weighted by atomic mass is 16.3. The van der Waals surface area contributed by atoms with Crippen molar-refractivity contribution in [1.29, 1.82) is 0 Å². The highest BCUT2D eigenvalue weighted by molar-refractivity contribution is 5.91. The lowest BCUT2D eigenvalue weighted by molar-refractivity contribution is -0.118. The summed E-state index contributed by atoms with van der Waals surface area (Å²) in [4.78, 5) is 14.3. The van der Waals surface area contributed by atoms with Crippen LogP contribution >= 0.6 is 0 Å². The van der Waals surface area contributed by atoms with Gasteiger partial charge in [0.25, 0.3) is 0 Å². The summed E-state index contributed by atoms with van der Waals surface area (Å²) in [6.07, 6.45) is 3.61. The van der Waals surface area contributed by atoms with Crippen LogP contribution in [0, 0.1) is 0 Å². The first-order chi connectivity index (χ1) is 10.0. The van der Waals surface area contributed by atoms with Crippen molar-refractivity contribution in [1.82, 2.24) is 14.7 Å². The number of aliphatic hydroxyl groups excluding tert-OH is 1. The van der Waals surface area contributed by atoms with E-state index < -0.39 is 0 Å². The monoisotopic (exact) mass is 296 g/mol. The highest BCUT2D eigenvalue weighted by Crippen LogP contribution is 2.14. The predicted octanol–water partition coefficient (Wildman–Crippen LogP) is 1.89. The van der Waals surface area contributed by atoms with Crippen molar-refractivity contribution >= 4 is 11.7 Å². The van der Waals surface area contributed by atoms with E-state index in [4.69, 9.17) is 0 Å². The Hall–Kier alpha value is -1.40. The van der Waals surface area contributed by atoms with Crippen molar-refractivity contribution in [2.75, 3.05) is 25.0 Å². The lowest BCUT2D eigenvalue weighted by Crippen LogP contribution is -2.42. The zero-order valence-corrected chi connectivity index (χ0v) is 13.5. The molecule has 0 spiro atoms. The number of carbonyl (C=O) groups excluding carboxylic acids is 1. The second-order valence-electron chi connectivity index (χ2n) is 5.47. The van der Waals surface area contributed by atoms with Gasteiger partial charge in [-0.1, -0.05) is 13.8 Å². The van der Waals surface area contributed by atoms with Gasteiger partial charge in [0, 0.05) is 24.7 Å².